The number of fused-ring (bicyclic) bond motifs is 1. The van der Waals surface area contributed by atoms with Crippen molar-refractivity contribution in [3.8, 4) is 0 Å². The van der Waals surface area contributed by atoms with E-state index in [1.807, 2.05) is 54.6 Å². The number of amides is 1. The number of thiazole rings is 1. The van der Waals surface area contributed by atoms with Crippen LogP contribution in [0.1, 0.15) is 33.8 Å². The quantitative estimate of drug-likeness (QED) is 0.324. The van der Waals surface area contributed by atoms with Crippen molar-refractivity contribution in [2.75, 3.05) is 17.7 Å². The first kappa shape index (κ1) is 21.2. The molecule has 1 aliphatic rings. The molecule has 32 heavy (non-hydrogen) atoms. The smallest absolute Gasteiger partial charge is 0.256 e. The van der Waals surface area contributed by atoms with Crippen molar-refractivity contribution in [2.45, 2.75) is 30.3 Å². The second-order valence-corrected chi connectivity index (χ2v) is 10.0. The van der Waals surface area contributed by atoms with Crippen molar-refractivity contribution in [2.24, 2.45) is 0 Å². The van der Waals surface area contributed by atoms with Gasteiger partial charge in [0.25, 0.3) is 5.91 Å². The minimum atomic E-state index is -0.0839. The Labute approximate surface area is 196 Å². The Bertz CT molecular complexity index is 1180. The third kappa shape index (κ3) is 5.04. The fourth-order valence-electron chi connectivity index (χ4n) is 3.81. The lowest BCUT2D eigenvalue weighted by molar-refractivity contribution is 0.102. The lowest BCUT2D eigenvalue weighted by Gasteiger charge is -2.12. The number of para-hydroxylation sites is 1. The molecular formula is C26H24N2O2S2. The third-order valence-corrected chi connectivity index (χ3v) is 7.73. The molecule has 2 heterocycles. The summed E-state index contributed by atoms with van der Waals surface area (Å²) in [6.45, 7) is 0.850. The third-order valence-electron chi connectivity index (χ3n) is 5.49. The number of anilines is 1. The molecular weight excluding hydrogens is 436 g/mol. The molecule has 1 aromatic heterocycles. The van der Waals surface area contributed by atoms with E-state index in [9.17, 15) is 4.79 Å². The second kappa shape index (κ2) is 9.86. The number of nitrogens with one attached hydrogen (secondary N) is 1. The molecule has 6 heteroatoms. The molecule has 0 spiro atoms. The summed E-state index contributed by atoms with van der Waals surface area (Å²) in [5.41, 5.74) is 3.72. The number of benzene rings is 3. The van der Waals surface area contributed by atoms with Crippen molar-refractivity contribution >= 4 is 44.9 Å². The van der Waals surface area contributed by atoms with Crippen molar-refractivity contribution in [3.63, 3.8) is 0 Å². The molecule has 1 N–H and O–H groups in total. The summed E-state index contributed by atoms with van der Waals surface area (Å²) in [4.78, 5) is 18.6. The van der Waals surface area contributed by atoms with E-state index >= 15 is 0 Å². The summed E-state index contributed by atoms with van der Waals surface area (Å²) in [7, 11) is 0. The summed E-state index contributed by atoms with van der Waals surface area (Å²) in [5.74, 6) is 0.796. The summed E-state index contributed by atoms with van der Waals surface area (Å²) >= 11 is 3.42. The number of ether oxygens (including phenoxy) is 1. The van der Waals surface area contributed by atoms with Crippen LogP contribution in [0.15, 0.2) is 77.7 Å². The molecule has 0 saturated carbocycles. The van der Waals surface area contributed by atoms with Gasteiger partial charge in [-0.2, -0.15) is 0 Å². The van der Waals surface area contributed by atoms with Gasteiger partial charge >= 0.3 is 0 Å². The van der Waals surface area contributed by atoms with E-state index < -0.39 is 0 Å². The van der Waals surface area contributed by atoms with Gasteiger partial charge in [0.05, 0.1) is 26.9 Å². The molecule has 0 radical (unpaired) electrons. The van der Waals surface area contributed by atoms with E-state index in [-0.39, 0.29) is 5.91 Å². The predicted octanol–water partition coefficient (Wildman–Crippen LogP) is 6.41. The number of carbonyl (C=O) groups is 1. The highest BCUT2D eigenvalue weighted by atomic mass is 32.2. The molecule has 5 rings (SSSR count). The maximum Gasteiger partial charge on any atom is 0.256 e. The van der Waals surface area contributed by atoms with Crippen LogP contribution >= 0.6 is 23.1 Å². The molecule has 1 fully saturated rings. The molecule has 1 aliphatic heterocycles. The summed E-state index contributed by atoms with van der Waals surface area (Å²) in [5, 5.41) is 4.14. The van der Waals surface area contributed by atoms with Crippen LogP contribution in [0, 0.1) is 0 Å². The SMILES string of the molecule is O=C(Nc1ccc(Cc2nc3ccccc3s2)cc1)c1ccccc1SC[C@H]1CCCO1. The second-order valence-electron chi connectivity index (χ2n) is 7.85. The van der Waals surface area contributed by atoms with Crippen LogP contribution in [0.25, 0.3) is 10.2 Å². The van der Waals surface area contributed by atoms with Crippen LogP contribution < -0.4 is 5.32 Å². The number of carbonyl (C=O) groups excluding carboxylic acids is 1. The van der Waals surface area contributed by atoms with Gasteiger partial charge in [0.15, 0.2) is 0 Å². The fourth-order valence-corrected chi connectivity index (χ4v) is 5.93. The summed E-state index contributed by atoms with van der Waals surface area (Å²) in [6, 6.07) is 24.0. The van der Waals surface area contributed by atoms with Gasteiger partial charge in [-0.05, 0) is 54.8 Å². The van der Waals surface area contributed by atoms with E-state index in [0.717, 1.165) is 52.7 Å². The highest BCUT2D eigenvalue weighted by molar-refractivity contribution is 7.99. The molecule has 0 bridgehead atoms. The van der Waals surface area contributed by atoms with Crippen LogP contribution in [-0.2, 0) is 11.2 Å². The molecule has 1 amide bonds. The van der Waals surface area contributed by atoms with E-state index in [4.69, 9.17) is 9.72 Å². The summed E-state index contributed by atoms with van der Waals surface area (Å²) in [6.07, 6.45) is 3.31. The van der Waals surface area contributed by atoms with E-state index in [2.05, 4.69) is 23.5 Å². The van der Waals surface area contributed by atoms with E-state index in [0.29, 0.717) is 11.7 Å². The van der Waals surface area contributed by atoms with Gasteiger partial charge < -0.3 is 10.1 Å². The number of hydrogen-bond donors (Lipinski definition) is 1. The van der Waals surface area contributed by atoms with Crippen LogP contribution in [0.2, 0.25) is 0 Å². The largest absolute Gasteiger partial charge is 0.377 e. The number of hydrogen-bond acceptors (Lipinski definition) is 5. The number of aromatic nitrogens is 1. The zero-order valence-corrected chi connectivity index (χ0v) is 19.3. The first-order valence-electron chi connectivity index (χ1n) is 10.8. The minimum Gasteiger partial charge on any atom is -0.377 e. The number of rotatable bonds is 7. The maximum absolute atomic E-state index is 12.9. The van der Waals surface area contributed by atoms with Gasteiger partial charge in [-0.1, -0.05) is 36.4 Å². The van der Waals surface area contributed by atoms with E-state index in [1.165, 1.54) is 10.3 Å². The Kier molecular flexibility index (Phi) is 6.53. The Morgan fingerprint density at radius 1 is 1.06 bits per heavy atom. The van der Waals surface area contributed by atoms with Gasteiger partial charge in [-0.25, -0.2) is 4.98 Å². The topological polar surface area (TPSA) is 51.2 Å². The molecule has 162 valence electrons. The van der Waals surface area contributed by atoms with Crippen molar-refractivity contribution in [1.82, 2.24) is 4.98 Å². The average Bonchev–Trinajstić information content (AvgIpc) is 3.48. The van der Waals surface area contributed by atoms with Crippen LogP contribution in [0.3, 0.4) is 0 Å². The highest BCUT2D eigenvalue weighted by Gasteiger charge is 2.18. The monoisotopic (exact) mass is 460 g/mol. The maximum atomic E-state index is 12.9. The Balaban J connectivity index is 1.23. The van der Waals surface area contributed by atoms with Gasteiger partial charge in [0.2, 0.25) is 0 Å². The van der Waals surface area contributed by atoms with Gasteiger partial charge in [0, 0.05) is 29.4 Å². The Morgan fingerprint density at radius 2 is 1.88 bits per heavy atom. The lowest BCUT2D eigenvalue weighted by Crippen LogP contribution is -2.14. The normalized spacial score (nSPS) is 15.8. The lowest BCUT2D eigenvalue weighted by atomic mass is 10.1. The van der Waals surface area contributed by atoms with Crippen LogP contribution in [0.4, 0.5) is 5.69 Å². The number of thioether (sulfide) groups is 1. The van der Waals surface area contributed by atoms with Crippen molar-refractivity contribution in [1.29, 1.82) is 0 Å². The molecule has 4 nitrogen and oxygen atoms in total. The molecule has 4 aromatic rings. The van der Waals surface area contributed by atoms with Crippen molar-refractivity contribution in [3.05, 3.63) is 88.9 Å². The molecule has 3 aromatic carbocycles. The first-order chi connectivity index (χ1) is 15.7. The predicted molar refractivity (Wildman–Crippen MR) is 133 cm³/mol. The van der Waals surface area contributed by atoms with Gasteiger partial charge in [0.1, 0.15) is 0 Å². The molecule has 1 atom stereocenters. The Morgan fingerprint density at radius 3 is 2.69 bits per heavy atom. The van der Waals surface area contributed by atoms with Gasteiger partial charge in [-0.3, -0.25) is 4.79 Å². The van der Waals surface area contributed by atoms with Crippen LogP contribution in [0.5, 0.6) is 0 Å². The molecule has 0 aliphatic carbocycles. The highest BCUT2D eigenvalue weighted by Crippen LogP contribution is 2.28. The fraction of sp³-hybridized carbons (Fsp3) is 0.231. The standard InChI is InChI=1S/C26H24N2O2S2/c29-26(21-7-1-3-9-23(21)31-17-20-6-5-15-30-20)27-19-13-11-18(12-14-19)16-25-28-22-8-2-4-10-24(22)32-25/h1-4,7-14,20H,5-6,15-17H2,(H,27,29)/t20-/m1/s1. The van der Waals surface area contributed by atoms with E-state index in [1.54, 1.807) is 23.1 Å². The number of nitrogens with zero attached hydrogens (tertiary/aromatic N) is 1. The molecule has 0 unspecified atom stereocenters. The zero-order chi connectivity index (χ0) is 21.8. The van der Waals surface area contributed by atoms with Crippen molar-refractivity contribution < 1.29 is 9.53 Å². The van der Waals surface area contributed by atoms with Gasteiger partial charge in [-0.15, -0.1) is 23.1 Å². The minimum absolute atomic E-state index is 0.0839. The zero-order valence-electron chi connectivity index (χ0n) is 17.6. The average molecular weight is 461 g/mol. The summed E-state index contributed by atoms with van der Waals surface area (Å²) < 4.78 is 6.93. The van der Waals surface area contributed by atoms with Crippen LogP contribution in [-0.4, -0.2) is 29.4 Å². The molecule has 1 saturated heterocycles. The Hall–Kier alpha value is -2.67. The first-order valence-corrected chi connectivity index (χ1v) is 12.6.